The van der Waals surface area contributed by atoms with Crippen molar-refractivity contribution in [2.45, 2.75) is 38.1 Å². The fourth-order valence-corrected chi connectivity index (χ4v) is 4.75. The summed E-state index contributed by atoms with van der Waals surface area (Å²) in [6, 6.07) is 2.05. The minimum Gasteiger partial charge on any atom is -0.458 e. The number of nitro benzene ring substituents is 1. The third kappa shape index (κ3) is 7.44. The first kappa shape index (κ1) is 31.6. The Labute approximate surface area is 240 Å². The van der Waals surface area contributed by atoms with Gasteiger partial charge in [-0.2, -0.15) is 8.42 Å². The molecule has 0 bridgehead atoms. The van der Waals surface area contributed by atoms with Gasteiger partial charge in [-0.1, -0.05) is 5.16 Å². The van der Waals surface area contributed by atoms with Crippen LogP contribution in [-0.2, 0) is 45.6 Å². The predicted molar refractivity (Wildman–Crippen MR) is 141 cm³/mol. The summed E-state index contributed by atoms with van der Waals surface area (Å²) in [5.74, 6) is -3.35. The molecule has 6 N–H and O–H groups in total. The van der Waals surface area contributed by atoms with E-state index in [4.69, 9.17) is 21.0 Å². The lowest BCUT2D eigenvalue weighted by molar-refractivity contribution is -0.384. The summed E-state index contributed by atoms with van der Waals surface area (Å²) in [7, 11) is -5.08. The number of hydrogen-bond donors (Lipinski definition) is 4. The van der Waals surface area contributed by atoms with Crippen LogP contribution in [0.5, 0.6) is 0 Å². The van der Waals surface area contributed by atoms with E-state index >= 15 is 0 Å². The predicted octanol–water partition coefficient (Wildman–Crippen LogP) is -0.530. The lowest BCUT2D eigenvalue weighted by Crippen LogP contribution is -2.73. The molecule has 0 spiro atoms. The summed E-state index contributed by atoms with van der Waals surface area (Å²) >= 11 is 0.911. The molecule has 2 aromatic rings. The molecule has 2 unspecified atom stereocenters. The highest BCUT2D eigenvalue weighted by atomic mass is 32.2. The van der Waals surface area contributed by atoms with Gasteiger partial charge < -0.3 is 31.1 Å². The largest absolute Gasteiger partial charge is 0.458 e. The first-order valence-electron chi connectivity index (χ1n) is 11.4. The summed E-state index contributed by atoms with van der Waals surface area (Å²) in [6.45, 7) is 1.45. The standard InChI is InChI=1S/C21H23N7O12S2/c1-21(2,18(31)38-7-10-3-5-11(6-4-10)28(33)34)40-26-14(12-9-41-19(22)24-12)16(29)25-15-13(8-39-20(23)32)27(17(15)30)42(35,36)37/h3-6,9,13,15H,7-8H2,1-2H3,(H2,22,24)(H2,23,32)(H,25,29)(H,35,36,37)/b26-14-. The molecule has 2 atom stereocenters. The van der Waals surface area contributed by atoms with E-state index < -0.39 is 69.1 Å². The molecule has 1 aromatic heterocycles. The highest BCUT2D eigenvalue weighted by Crippen LogP contribution is 2.25. The molecular weight excluding hydrogens is 606 g/mol. The number of β-lactam (4-membered cyclic amide) rings is 1. The van der Waals surface area contributed by atoms with Gasteiger partial charge in [0.2, 0.25) is 5.60 Å². The fourth-order valence-electron chi connectivity index (χ4n) is 3.34. The van der Waals surface area contributed by atoms with Crippen LogP contribution in [0.2, 0.25) is 0 Å². The first-order valence-corrected chi connectivity index (χ1v) is 13.7. The SMILES string of the molecule is CC(C)(O/N=C(\C(=O)NC1C(=O)N(S(=O)(=O)O)C1COC(N)=O)c1csc(N)n1)C(=O)OCc1ccc([N+](=O)[O-])cc1. The number of nitrogens with two attached hydrogens (primary N) is 2. The van der Waals surface area contributed by atoms with Gasteiger partial charge in [-0.3, -0.25) is 24.3 Å². The Kier molecular flexibility index (Phi) is 9.28. The highest BCUT2D eigenvalue weighted by Gasteiger charge is 2.55. The number of aromatic nitrogens is 1. The van der Waals surface area contributed by atoms with E-state index in [9.17, 15) is 42.3 Å². The van der Waals surface area contributed by atoms with Gasteiger partial charge in [0.25, 0.3) is 17.5 Å². The molecule has 226 valence electrons. The van der Waals surface area contributed by atoms with E-state index in [0.717, 1.165) is 11.3 Å². The van der Waals surface area contributed by atoms with Crippen LogP contribution < -0.4 is 16.8 Å². The molecule has 0 saturated carbocycles. The molecule has 1 aliphatic rings. The molecule has 0 radical (unpaired) electrons. The van der Waals surface area contributed by atoms with Crippen molar-refractivity contribution >= 4 is 62.0 Å². The van der Waals surface area contributed by atoms with Gasteiger partial charge in [0.1, 0.15) is 31.0 Å². The lowest BCUT2D eigenvalue weighted by atomic mass is 9.99. The van der Waals surface area contributed by atoms with Crippen molar-refractivity contribution in [1.82, 2.24) is 14.6 Å². The molecule has 1 aromatic carbocycles. The monoisotopic (exact) mass is 629 g/mol. The Morgan fingerprint density at radius 3 is 2.43 bits per heavy atom. The summed E-state index contributed by atoms with van der Waals surface area (Å²) in [4.78, 5) is 68.6. The molecule has 1 aliphatic heterocycles. The first-order chi connectivity index (χ1) is 19.5. The highest BCUT2D eigenvalue weighted by molar-refractivity contribution is 7.84. The number of anilines is 1. The quantitative estimate of drug-likeness (QED) is 0.0573. The number of nitrogens with one attached hydrogen (secondary N) is 1. The number of carbonyl (C=O) groups excluding carboxylic acids is 4. The van der Waals surface area contributed by atoms with Gasteiger partial charge in [0.15, 0.2) is 10.8 Å². The molecule has 2 heterocycles. The Morgan fingerprint density at radius 1 is 1.26 bits per heavy atom. The van der Waals surface area contributed by atoms with E-state index in [0.29, 0.717) is 5.56 Å². The summed E-state index contributed by atoms with van der Waals surface area (Å²) < 4.78 is 42.2. The van der Waals surface area contributed by atoms with E-state index in [1.807, 2.05) is 0 Å². The average molecular weight is 630 g/mol. The smallest absolute Gasteiger partial charge is 0.404 e. The summed E-state index contributed by atoms with van der Waals surface area (Å²) in [6.07, 6.45) is -1.31. The number of oxime groups is 1. The van der Waals surface area contributed by atoms with Gasteiger partial charge in [0, 0.05) is 17.5 Å². The number of amides is 3. The lowest BCUT2D eigenvalue weighted by Gasteiger charge is -2.43. The third-order valence-corrected chi connectivity index (χ3v) is 7.08. The van der Waals surface area contributed by atoms with E-state index in [2.05, 4.69) is 20.2 Å². The molecule has 3 rings (SSSR count). The van der Waals surface area contributed by atoms with Gasteiger partial charge in [-0.25, -0.2) is 18.9 Å². The molecule has 19 nitrogen and oxygen atoms in total. The molecule has 42 heavy (non-hydrogen) atoms. The molecule has 21 heteroatoms. The second-order valence-electron chi connectivity index (χ2n) is 8.87. The number of nitrogens with zero attached hydrogens (tertiary/aromatic N) is 4. The van der Waals surface area contributed by atoms with Crippen LogP contribution in [0.15, 0.2) is 34.8 Å². The van der Waals surface area contributed by atoms with Crippen molar-refractivity contribution in [3.63, 3.8) is 0 Å². The Bertz CT molecular complexity index is 1540. The zero-order valence-electron chi connectivity index (χ0n) is 21.7. The van der Waals surface area contributed by atoms with Crippen LogP contribution in [-0.4, -0.2) is 81.1 Å². The molecule has 0 aliphatic carbocycles. The van der Waals surface area contributed by atoms with Crippen molar-refractivity contribution in [1.29, 1.82) is 0 Å². The van der Waals surface area contributed by atoms with Crippen molar-refractivity contribution in [2.75, 3.05) is 12.3 Å². The summed E-state index contributed by atoms with van der Waals surface area (Å²) in [5, 5.41) is 18.0. The number of thiazole rings is 1. The normalized spacial score (nSPS) is 17.2. The third-order valence-electron chi connectivity index (χ3n) is 5.45. The van der Waals surface area contributed by atoms with E-state index in [-0.39, 0.29) is 27.4 Å². The number of nitro groups is 1. The van der Waals surface area contributed by atoms with Gasteiger partial charge in [-0.05, 0) is 31.5 Å². The van der Waals surface area contributed by atoms with E-state index in [1.54, 1.807) is 0 Å². The maximum absolute atomic E-state index is 13.1. The zero-order valence-corrected chi connectivity index (χ0v) is 23.3. The van der Waals surface area contributed by atoms with Crippen LogP contribution in [0.25, 0.3) is 0 Å². The van der Waals surface area contributed by atoms with Gasteiger partial charge in [0.05, 0.1) is 4.92 Å². The number of esters is 1. The van der Waals surface area contributed by atoms with Gasteiger partial charge >= 0.3 is 22.4 Å². The number of benzene rings is 1. The second kappa shape index (κ2) is 12.3. The number of ether oxygens (including phenoxy) is 2. The molecule has 3 amide bonds. The number of hydrogen-bond acceptors (Lipinski definition) is 15. The number of nitrogen functional groups attached to an aromatic ring is 1. The maximum Gasteiger partial charge on any atom is 0.404 e. The summed E-state index contributed by atoms with van der Waals surface area (Å²) in [5.41, 5.74) is 8.25. The number of rotatable bonds is 12. The minimum absolute atomic E-state index is 0.0114. The van der Waals surface area contributed by atoms with Crippen LogP contribution in [0.3, 0.4) is 0 Å². The average Bonchev–Trinajstić information content (AvgIpc) is 3.32. The Balaban J connectivity index is 1.77. The van der Waals surface area contributed by atoms with Crippen LogP contribution in [0.1, 0.15) is 25.1 Å². The van der Waals surface area contributed by atoms with Crippen molar-refractivity contribution in [3.8, 4) is 0 Å². The molecular formula is C21H23N7O12S2. The van der Waals surface area contributed by atoms with Crippen molar-refractivity contribution in [3.05, 3.63) is 51.0 Å². The van der Waals surface area contributed by atoms with Gasteiger partial charge in [-0.15, -0.1) is 11.3 Å². The Morgan fingerprint density at radius 2 is 1.90 bits per heavy atom. The molecule has 1 fully saturated rings. The zero-order chi connectivity index (χ0) is 31.4. The molecule has 1 saturated heterocycles. The fraction of sp³-hybridized carbons (Fsp3) is 0.333. The van der Waals surface area contributed by atoms with Crippen molar-refractivity contribution < 1.29 is 51.4 Å². The number of primary amides is 1. The minimum atomic E-state index is -5.08. The number of carbonyl (C=O) groups is 4. The van der Waals surface area contributed by atoms with E-state index in [1.165, 1.54) is 43.5 Å². The Hall–Kier alpha value is -4.89. The van der Waals surface area contributed by atoms with Crippen LogP contribution in [0, 0.1) is 10.1 Å². The second-order valence-corrected chi connectivity index (χ2v) is 11.1. The number of non-ortho nitro benzene ring substituents is 1. The topological polar surface area (TPSA) is 286 Å². The van der Waals surface area contributed by atoms with Crippen molar-refractivity contribution in [2.24, 2.45) is 10.9 Å². The van der Waals surface area contributed by atoms with Crippen LogP contribution >= 0.6 is 11.3 Å². The van der Waals surface area contributed by atoms with Crippen LogP contribution in [0.4, 0.5) is 15.6 Å². The maximum atomic E-state index is 13.1.